The van der Waals surface area contributed by atoms with Gasteiger partial charge in [0.15, 0.2) is 6.10 Å². The molecule has 0 radical (unpaired) electrons. The highest BCUT2D eigenvalue weighted by Crippen LogP contribution is 2.35. The van der Waals surface area contributed by atoms with E-state index in [1.165, 1.54) is 38.0 Å². The van der Waals surface area contributed by atoms with Crippen LogP contribution in [0.25, 0.3) is 0 Å². The van der Waals surface area contributed by atoms with Gasteiger partial charge in [-0.05, 0) is 57.8 Å². The molecular formula is C21H37NO4S. The maximum atomic E-state index is 11.6. The predicted octanol–water partition coefficient (Wildman–Crippen LogP) is 3.24. The molecule has 0 amide bonds. The average Bonchev–Trinajstić information content (AvgIpc) is 2.69. The topological polar surface area (TPSA) is 59.0 Å². The Hall–Kier alpha value is -0.300. The molecule has 1 heterocycles. The van der Waals surface area contributed by atoms with Gasteiger partial charge in [0.05, 0.1) is 19.3 Å². The molecule has 1 aliphatic heterocycles. The largest absolute Gasteiger partial charge is 0.464 e. The highest BCUT2D eigenvalue weighted by atomic mass is 32.2. The lowest BCUT2D eigenvalue weighted by Gasteiger charge is -2.43. The number of ether oxygens (including phenoxy) is 2. The van der Waals surface area contributed by atoms with Crippen molar-refractivity contribution in [1.29, 1.82) is 0 Å². The molecule has 3 atom stereocenters. The van der Waals surface area contributed by atoms with Crippen LogP contribution in [0.5, 0.6) is 0 Å². The summed E-state index contributed by atoms with van der Waals surface area (Å²) >= 11 is 2.19. The van der Waals surface area contributed by atoms with Crippen molar-refractivity contribution in [3.05, 3.63) is 0 Å². The van der Waals surface area contributed by atoms with Gasteiger partial charge in [-0.3, -0.25) is 4.90 Å². The minimum absolute atomic E-state index is 0.327. The fourth-order valence-electron chi connectivity index (χ4n) is 4.98. The van der Waals surface area contributed by atoms with E-state index in [1.807, 2.05) is 0 Å². The molecule has 2 saturated carbocycles. The fraction of sp³-hybridized carbons (Fsp3) is 0.952. The number of hydrogen-bond acceptors (Lipinski definition) is 6. The third-order valence-electron chi connectivity index (χ3n) is 6.49. The minimum Gasteiger partial charge on any atom is -0.464 e. The van der Waals surface area contributed by atoms with Crippen LogP contribution >= 0.6 is 11.8 Å². The molecule has 0 aromatic carbocycles. The number of carbonyl (C=O) groups excluding carboxylic acids is 1. The first-order valence-corrected chi connectivity index (χ1v) is 12.0. The van der Waals surface area contributed by atoms with Gasteiger partial charge in [-0.15, -0.1) is 0 Å². The van der Waals surface area contributed by atoms with Crippen molar-refractivity contribution in [2.75, 3.05) is 32.1 Å². The van der Waals surface area contributed by atoms with Crippen molar-refractivity contribution < 1.29 is 19.4 Å². The van der Waals surface area contributed by atoms with E-state index in [0.717, 1.165) is 50.1 Å². The van der Waals surface area contributed by atoms with Crippen LogP contribution in [0.1, 0.15) is 64.7 Å². The Labute approximate surface area is 168 Å². The number of aliphatic hydroxyl groups excluding tert-OH is 1. The first kappa shape index (κ1) is 21.4. The number of thioether (sulfide) groups is 1. The normalized spacial score (nSPS) is 33.3. The van der Waals surface area contributed by atoms with Gasteiger partial charge >= 0.3 is 5.97 Å². The van der Waals surface area contributed by atoms with E-state index in [-0.39, 0.29) is 0 Å². The number of esters is 1. The summed E-state index contributed by atoms with van der Waals surface area (Å²) in [4.78, 5) is 14.3. The quantitative estimate of drug-likeness (QED) is 0.633. The highest BCUT2D eigenvalue weighted by molar-refractivity contribution is 8.00. The summed E-state index contributed by atoms with van der Waals surface area (Å²) in [7, 11) is 0. The van der Waals surface area contributed by atoms with E-state index >= 15 is 0 Å². The molecule has 3 unspecified atom stereocenters. The Morgan fingerprint density at radius 1 is 1.19 bits per heavy atom. The third kappa shape index (κ3) is 6.34. The number of fused-ring (bicyclic) bond motifs is 1. The SMILES string of the molecule is CCOC(=O)C(O)CC1CCC(OCCN2CCSC3CCCCC32)CC1. The molecule has 27 heavy (non-hydrogen) atoms. The zero-order chi connectivity index (χ0) is 19.1. The van der Waals surface area contributed by atoms with Crippen LogP contribution in [-0.4, -0.2) is 71.5 Å². The van der Waals surface area contributed by atoms with E-state index in [1.54, 1.807) is 6.92 Å². The van der Waals surface area contributed by atoms with Crippen molar-refractivity contribution in [1.82, 2.24) is 4.90 Å². The van der Waals surface area contributed by atoms with Gasteiger partial charge in [-0.25, -0.2) is 4.79 Å². The Bertz CT molecular complexity index is 453. The van der Waals surface area contributed by atoms with E-state index in [0.29, 0.717) is 25.0 Å². The number of hydrogen-bond donors (Lipinski definition) is 1. The predicted molar refractivity (Wildman–Crippen MR) is 109 cm³/mol. The molecule has 1 N–H and O–H groups in total. The molecule has 1 saturated heterocycles. The second-order valence-electron chi connectivity index (χ2n) is 8.31. The summed E-state index contributed by atoms with van der Waals surface area (Å²) in [6.07, 6.45) is 9.63. The third-order valence-corrected chi connectivity index (χ3v) is 7.88. The molecular weight excluding hydrogens is 362 g/mol. The van der Waals surface area contributed by atoms with Crippen LogP contribution in [0, 0.1) is 5.92 Å². The van der Waals surface area contributed by atoms with E-state index in [9.17, 15) is 9.90 Å². The van der Waals surface area contributed by atoms with E-state index in [4.69, 9.17) is 9.47 Å². The molecule has 156 valence electrons. The zero-order valence-electron chi connectivity index (χ0n) is 16.8. The standard InChI is InChI=1S/C21H37NO4S/c1-2-25-21(24)19(23)15-16-7-9-17(10-8-16)26-13-11-22-12-14-27-20-6-4-3-5-18(20)22/h16-20,23H,2-15H2,1H3. The molecule has 3 rings (SSSR count). The Kier molecular flexibility index (Phi) is 8.75. The first-order chi connectivity index (χ1) is 13.2. The highest BCUT2D eigenvalue weighted by Gasteiger charge is 2.33. The first-order valence-electron chi connectivity index (χ1n) is 11.0. The number of rotatable bonds is 8. The van der Waals surface area contributed by atoms with E-state index in [2.05, 4.69) is 16.7 Å². The van der Waals surface area contributed by atoms with Gasteiger partial charge in [0.1, 0.15) is 0 Å². The molecule has 2 aliphatic carbocycles. The van der Waals surface area contributed by atoms with Crippen LogP contribution in [-0.2, 0) is 14.3 Å². The summed E-state index contributed by atoms with van der Waals surface area (Å²) in [6, 6.07) is 0.779. The van der Waals surface area contributed by atoms with E-state index < -0.39 is 12.1 Å². The molecule has 3 aliphatic rings. The summed E-state index contributed by atoms with van der Waals surface area (Å²) < 4.78 is 11.1. The van der Waals surface area contributed by atoms with Crippen molar-refractivity contribution in [2.45, 2.75) is 88.2 Å². The molecule has 6 heteroatoms. The van der Waals surface area contributed by atoms with Crippen LogP contribution in [0.4, 0.5) is 0 Å². The average molecular weight is 400 g/mol. The summed E-state index contributed by atoms with van der Waals surface area (Å²) in [5, 5.41) is 10.8. The summed E-state index contributed by atoms with van der Waals surface area (Å²) in [6.45, 7) is 5.23. The second-order valence-corrected chi connectivity index (χ2v) is 9.66. The fourth-order valence-corrected chi connectivity index (χ4v) is 6.48. The lowest BCUT2D eigenvalue weighted by molar-refractivity contribution is -0.154. The molecule has 0 aromatic heterocycles. The molecule has 3 fully saturated rings. The van der Waals surface area contributed by atoms with Crippen molar-refractivity contribution in [2.24, 2.45) is 5.92 Å². The van der Waals surface area contributed by atoms with Crippen LogP contribution < -0.4 is 0 Å². The molecule has 0 spiro atoms. The monoisotopic (exact) mass is 399 g/mol. The van der Waals surface area contributed by atoms with Crippen molar-refractivity contribution in [3.63, 3.8) is 0 Å². The molecule has 0 bridgehead atoms. The van der Waals surface area contributed by atoms with Gasteiger partial charge < -0.3 is 14.6 Å². The van der Waals surface area contributed by atoms with Gasteiger partial charge in [-0.1, -0.05) is 12.8 Å². The lowest BCUT2D eigenvalue weighted by atomic mass is 9.84. The molecule has 5 nitrogen and oxygen atoms in total. The number of aliphatic hydroxyl groups is 1. The Morgan fingerprint density at radius 2 is 1.96 bits per heavy atom. The second kappa shape index (κ2) is 11.0. The molecule has 0 aromatic rings. The van der Waals surface area contributed by atoms with Gasteiger partial charge in [0.2, 0.25) is 0 Å². The zero-order valence-corrected chi connectivity index (χ0v) is 17.6. The van der Waals surface area contributed by atoms with Crippen molar-refractivity contribution >= 4 is 17.7 Å². The number of carbonyl (C=O) groups is 1. The van der Waals surface area contributed by atoms with Gasteiger partial charge in [0, 0.05) is 30.1 Å². The van der Waals surface area contributed by atoms with Crippen molar-refractivity contribution in [3.8, 4) is 0 Å². The van der Waals surface area contributed by atoms with Gasteiger partial charge in [-0.2, -0.15) is 11.8 Å². The number of nitrogens with zero attached hydrogens (tertiary/aromatic N) is 1. The smallest absolute Gasteiger partial charge is 0.334 e. The lowest BCUT2D eigenvalue weighted by Crippen LogP contribution is -2.50. The van der Waals surface area contributed by atoms with Gasteiger partial charge in [0.25, 0.3) is 0 Å². The Morgan fingerprint density at radius 3 is 2.74 bits per heavy atom. The van der Waals surface area contributed by atoms with Crippen LogP contribution in [0.3, 0.4) is 0 Å². The summed E-state index contributed by atoms with van der Waals surface area (Å²) in [5.41, 5.74) is 0. The Balaban J connectivity index is 1.31. The minimum atomic E-state index is -0.965. The van der Waals surface area contributed by atoms with Crippen LogP contribution in [0.15, 0.2) is 0 Å². The maximum absolute atomic E-state index is 11.6. The summed E-state index contributed by atoms with van der Waals surface area (Å²) in [5.74, 6) is 1.21. The maximum Gasteiger partial charge on any atom is 0.334 e. The van der Waals surface area contributed by atoms with Crippen LogP contribution in [0.2, 0.25) is 0 Å².